The number of likely N-dealkylation sites (tertiary alicyclic amines) is 1. The topological polar surface area (TPSA) is 124 Å². The number of amides is 2. The van der Waals surface area contributed by atoms with Gasteiger partial charge in [-0.3, -0.25) is 24.5 Å². The summed E-state index contributed by atoms with van der Waals surface area (Å²) in [6.07, 6.45) is 0. The van der Waals surface area contributed by atoms with Gasteiger partial charge in [-0.25, -0.2) is 0 Å². The van der Waals surface area contributed by atoms with E-state index < -0.39 is 40.7 Å². The molecule has 0 aliphatic carbocycles. The summed E-state index contributed by atoms with van der Waals surface area (Å²) >= 11 is 2.61. The average Bonchev–Trinajstić information content (AvgIpc) is 3.67. The fraction of sp³-hybridized carbons (Fsp3) is 0.207. The third-order valence-electron chi connectivity index (χ3n) is 7.26. The summed E-state index contributed by atoms with van der Waals surface area (Å²) in [6.45, 7) is 3.72. The maximum atomic E-state index is 14.5. The maximum Gasteiger partial charge on any atom is 0.269 e. The van der Waals surface area contributed by atoms with Crippen molar-refractivity contribution in [1.29, 1.82) is 0 Å². The van der Waals surface area contributed by atoms with Gasteiger partial charge in [-0.15, -0.1) is 22.7 Å². The largest absolute Gasteiger partial charge is 0.368 e. The minimum absolute atomic E-state index is 0.176. The Kier molecular flexibility index (Phi) is 7.16. The molecule has 198 valence electrons. The van der Waals surface area contributed by atoms with Gasteiger partial charge in [0.2, 0.25) is 5.91 Å². The zero-order valence-corrected chi connectivity index (χ0v) is 22.8. The minimum atomic E-state index is -1.15. The number of Topliss-reactive ketones (excluding diaryl/α,β-unsaturated/α-hetero) is 1. The second-order valence-corrected chi connectivity index (χ2v) is 11.4. The van der Waals surface area contributed by atoms with Crippen LogP contribution in [0.1, 0.15) is 53.6 Å². The van der Waals surface area contributed by atoms with Crippen molar-refractivity contribution in [2.24, 2.45) is 11.7 Å². The van der Waals surface area contributed by atoms with Crippen molar-refractivity contribution in [1.82, 2.24) is 4.90 Å². The fourth-order valence-electron chi connectivity index (χ4n) is 5.56. The van der Waals surface area contributed by atoms with Gasteiger partial charge in [0.25, 0.3) is 11.6 Å². The number of ketones is 1. The molecule has 4 unspecified atom stereocenters. The lowest BCUT2D eigenvalue weighted by atomic mass is 9.77. The number of primary amides is 1. The highest BCUT2D eigenvalue weighted by Crippen LogP contribution is 2.53. The first-order valence-corrected chi connectivity index (χ1v) is 14.0. The summed E-state index contributed by atoms with van der Waals surface area (Å²) in [5.74, 6) is -3.12. The minimum Gasteiger partial charge on any atom is -0.368 e. The Morgan fingerprint density at radius 2 is 1.69 bits per heavy atom. The van der Waals surface area contributed by atoms with Crippen molar-refractivity contribution >= 4 is 46.0 Å². The molecule has 4 atom stereocenters. The van der Waals surface area contributed by atoms with Crippen LogP contribution in [-0.2, 0) is 4.79 Å². The summed E-state index contributed by atoms with van der Waals surface area (Å²) < 4.78 is 0. The quantitative estimate of drug-likeness (QED) is 0.178. The van der Waals surface area contributed by atoms with E-state index in [4.69, 9.17) is 5.73 Å². The zero-order valence-electron chi connectivity index (χ0n) is 21.1. The second kappa shape index (κ2) is 10.5. The summed E-state index contributed by atoms with van der Waals surface area (Å²) in [5, 5.41) is 15.3. The number of hydrogen-bond donors (Lipinski definition) is 1. The number of carbonyl (C=O) groups is 3. The predicted octanol–water partition coefficient (Wildman–Crippen LogP) is 5.67. The second-order valence-electron chi connectivity index (χ2n) is 9.53. The third-order valence-corrected chi connectivity index (χ3v) is 9.24. The molecule has 0 bridgehead atoms. The Hall–Kier alpha value is -4.15. The molecule has 1 aliphatic rings. The zero-order chi connectivity index (χ0) is 27.8. The lowest BCUT2D eigenvalue weighted by Gasteiger charge is -2.30. The molecule has 2 aromatic carbocycles. The number of thiophene rings is 2. The maximum absolute atomic E-state index is 14.5. The molecule has 4 aromatic rings. The Morgan fingerprint density at radius 3 is 2.31 bits per heavy atom. The molecule has 0 saturated carbocycles. The number of non-ortho nitro benzene ring substituents is 1. The van der Waals surface area contributed by atoms with Crippen LogP contribution in [0.2, 0.25) is 0 Å². The molecule has 2 N–H and O–H groups in total. The molecule has 2 aromatic heterocycles. The molecule has 0 spiro atoms. The smallest absolute Gasteiger partial charge is 0.269 e. The van der Waals surface area contributed by atoms with Crippen LogP contribution in [0.4, 0.5) is 5.69 Å². The van der Waals surface area contributed by atoms with Crippen molar-refractivity contribution in [2.75, 3.05) is 0 Å². The summed E-state index contributed by atoms with van der Waals surface area (Å²) in [4.78, 5) is 55.6. The van der Waals surface area contributed by atoms with Crippen molar-refractivity contribution < 1.29 is 19.3 Å². The summed E-state index contributed by atoms with van der Waals surface area (Å²) in [6, 6.07) is 16.2. The van der Waals surface area contributed by atoms with E-state index in [1.807, 2.05) is 37.4 Å². The van der Waals surface area contributed by atoms with Gasteiger partial charge in [0.1, 0.15) is 6.04 Å². The van der Waals surface area contributed by atoms with Crippen LogP contribution in [-0.4, -0.2) is 33.5 Å². The van der Waals surface area contributed by atoms with E-state index in [1.165, 1.54) is 45.8 Å². The number of rotatable bonds is 7. The predicted molar refractivity (Wildman–Crippen MR) is 150 cm³/mol. The van der Waals surface area contributed by atoms with E-state index in [2.05, 4.69) is 0 Å². The summed E-state index contributed by atoms with van der Waals surface area (Å²) in [7, 11) is 0. The highest BCUT2D eigenvalue weighted by molar-refractivity contribution is 7.12. The van der Waals surface area contributed by atoms with Crippen LogP contribution >= 0.6 is 22.7 Å². The summed E-state index contributed by atoms with van der Waals surface area (Å²) in [5.41, 5.74) is 8.34. The molecule has 39 heavy (non-hydrogen) atoms. The SMILES string of the molecule is Cc1ccccc1C(=O)C1C(c2sccc2C)C(C(N)=O)N(C(=O)c2cccs2)C1c1cccc([N+](=O)[O-])c1. The first-order chi connectivity index (χ1) is 18.7. The number of aryl methyl sites for hydroxylation is 2. The first-order valence-electron chi connectivity index (χ1n) is 12.2. The van der Waals surface area contributed by atoms with Crippen LogP contribution in [0.5, 0.6) is 0 Å². The van der Waals surface area contributed by atoms with Gasteiger partial charge in [-0.2, -0.15) is 0 Å². The number of hydrogen-bond acceptors (Lipinski definition) is 7. The van der Waals surface area contributed by atoms with Crippen molar-refractivity contribution in [2.45, 2.75) is 31.8 Å². The fourth-order valence-corrected chi connectivity index (χ4v) is 7.34. The van der Waals surface area contributed by atoms with Crippen molar-refractivity contribution in [3.63, 3.8) is 0 Å². The molecule has 3 heterocycles. The monoisotopic (exact) mass is 559 g/mol. The number of nitro groups is 1. The number of carbonyl (C=O) groups excluding carboxylic acids is 3. The van der Waals surface area contributed by atoms with Gasteiger partial charge in [-0.1, -0.05) is 42.5 Å². The van der Waals surface area contributed by atoms with Crippen LogP contribution in [0.25, 0.3) is 0 Å². The molecule has 0 radical (unpaired) electrons. The van der Waals surface area contributed by atoms with E-state index in [-0.39, 0.29) is 11.5 Å². The molecular formula is C29H25N3O5S2. The van der Waals surface area contributed by atoms with Gasteiger partial charge in [-0.05, 0) is 53.4 Å². The van der Waals surface area contributed by atoms with E-state index in [0.717, 1.165) is 16.0 Å². The standard InChI is InChI=1S/C29H25N3O5S2/c1-16-7-3-4-10-20(16)26(33)22-23(27-17(2)12-14-39-27)25(28(30)34)31(29(35)21-11-6-13-38-21)24(22)18-8-5-9-19(15-18)32(36)37/h3-15,22-25H,1-2H3,(H2,30,34). The average molecular weight is 560 g/mol. The van der Waals surface area contributed by atoms with Gasteiger partial charge in [0.05, 0.1) is 21.8 Å². The Morgan fingerprint density at radius 1 is 0.923 bits per heavy atom. The molecule has 2 amide bonds. The Bertz CT molecular complexity index is 1580. The van der Waals surface area contributed by atoms with Crippen LogP contribution in [0, 0.1) is 29.9 Å². The van der Waals surface area contributed by atoms with Gasteiger partial charge < -0.3 is 10.6 Å². The Labute approximate surface area is 232 Å². The molecule has 8 nitrogen and oxygen atoms in total. The third kappa shape index (κ3) is 4.66. The lowest BCUT2D eigenvalue weighted by molar-refractivity contribution is -0.385. The number of nitro benzene ring substituents is 1. The Balaban J connectivity index is 1.81. The molecule has 5 rings (SSSR count). The van der Waals surface area contributed by atoms with Crippen LogP contribution < -0.4 is 5.73 Å². The van der Waals surface area contributed by atoms with Gasteiger partial charge in [0.15, 0.2) is 5.78 Å². The molecule has 1 aliphatic heterocycles. The van der Waals surface area contributed by atoms with E-state index in [0.29, 0.717) is 16.0 Å². The van der Waals surface area contributed by atoms with E-state index >= 15 is 0 Å². The van der Waals surface area contributed by atoms with Gasteiger partial charge >= 0.3 is 0 Å². The number of benzene rings is 2. The number of nitrogens with two attached hydrogens (primary N) is 1. The van der Waals surface area contributed by atoms with Crippen molar-refractivity contribution in [3.05, 3.63) is 120 Å². The highest BCUT2D eigenvalue weighted by atomic mass is 32.1. The highest BCUT2D eigenvalue weighted by Gasteiger charge is 2.58. The first kappa shape index (κ1) is 26.5. The van der Waals surface area contributed by atoms with E-state index in [1.54, 1.807) is 35.7 Å². The number of nitrogens with zero attached hydrogens (tertiary/aromatic N) is 2. The molecule has 1 saturated heterocycles. The normalized spacial score (nSPS) is 20.6. The molecule has 10 heteroatoms. The van der Waals surface area contributed by atoms with Crippen molar-refractivity contribution in [3.8, 4) is 0 Å². The van der Waals surface area contributed by atoms with E-state index in [9.17, 15) is 24.5 Å². The van der Waals surface area contributed by atoms with Crippen LogP contribution in [0.15, 0.2) is 77.5 Å². The van der Waals surface area contributed by atoms with Gasteiger partial charge in [0, 0.05) is 28.5 Å². The molecular weight excluding hydrogens is 534 g/mol. The molecule has 1 fully saturated rings. The lowest BCUT2D eigenvalue weighted by Crippen LogP contribution is -2.46. The van der Waals surface area contributed by atoms with Crippen LogP contribution in [0.3, 0.4) is 0 Å².